The lowest BCUT2D eigenvalue weighted by Crippen LogP contribution is -2.31. The van der Waals surface area contributed by atoms with Gasteiger partial charge >= 0.3 is 0 Å². The fourth-order valence-electron chi connectivity index (χ4n) is 3.31. The minimum Gasteiger partial charge on any atom is -0.343 e. The molecule has 0 spiro atoms. The van der Waals surface area contributed by atoms with E-state index in [2.05, 4.69) is 25.3 Å². The number of hydrogen-bond acceptors (Lipinski definition) is 5. The first-order chi connectivity index (χ1) is 14.1. The van der Waals surface area contributed by atoms with Crippen LogP contribution in [-0.2, 0) is 6.42 Å². The van der Waals surface area contributed by atoms with E-state index in [1.807, 2.05) is 0 Å². The average Bonchev–Trinajstić information content (AvgIpc) is 2.67. The van der Waals surface area contributed by atoms with Crippen LogP contribution in [0.25, 0.3) is 0 Å². The summed E-state index contributed by atoms with van der Waals surface area (Å²) in [7, 11) is 0. The van der Waals surface area contributed by atoms with Crippen molar-refractivity contribution in [3.05, 3.63) is 87.9 Å². The van der Waals surface area contributed by atoms with Crippen molar-refractivity contribution in [3.63, 3.8) is 0 Å². The largest absolute Gasteiger partial charge is 0.343 e. The number of rotatable bonds is 6. The fourth-order valence-corrected chi connectivity index (χ4v) is 3.31. The summed E-state index contributed by atoms with van der Waals surface area (Å²) in [4.78, 5) is 40.1. The number of amides is 1. The molecule has 1 aromatic carbocycles. The number of carbonyl (C=O) groups excluding carboxylic acids is 1. The fraction of sp³-hybridized carbons (Fsp3) is 0.286. The first kappa shape index (κ1) is 18.9. The molecule has 148 valence electrons. The van der Waals surface area contributed by atoms with Crippen LogP contribution in [0.5, 0.6) is 0 Å². The molecule has 1 fully saturated rings. The molecule has 3 aromatic rings. The topological polar surface area (TPSA) is 101 Å². The monoisotopic (exact) mass is 393 g/mol. The number of benzene rings is 1. The van der Waals surface area contributed by atoms with Crippen LogP contribution in [-0.4, -0.2) is 25.8 Å². The van der Waals surface area contributed by atoms with Crippen LogP contribution in [0.2, 0.25) is 0 Å². The van der Waals surface area contributed by atoms with Crippen LogP contribution in [0.3, 0.4) is 0 Å². The predicted octanol–water partition coefficient (Wildman–Crippen LogP) is 2.68. The molecule has 0 saturated heterocycles. The zero-order chi connectivity index (χ0) is 20.2. The van der Waals surface area contributed by atoms with Gasteiger partial charge in [-0.05, 0) is 30.5 Å². The molecule has 0 unspecified atom stereocenters. The van der Waals surface area contributed by atoms with Crippen molar-refractivity contribution in [1.82, 2.24) is 25.3 Å². The van der Waals surface area contributed by atoms with Crippen LogP contribution in [0, 0.1) is 5.82 Å². The lowest BCUT2D eigenvalue weighted by atomic mass is 9.85. The van der Waals surface area contributed by atoms with Crippen molar-refractivity contribution in [2.75, 3.05) is 0 Å². The highest BCUT2D eigenvalue weighted by molar-refractivity contribution is 5.92. The highest BCUT2D eigenvalue weighted by Gasteiger charge is 2.24. The second-order valence-corrected chi connectivity index (χ2v) is 7.12. The highest BCUT2D eigenvalue weighted by atomic mass is 19.1. The molecule has 0 bridgehead atoms. The van der Waals surface area contributed by atoms with Crippen LogP contribution < -0.4 is 10.9 Å². The van der Waals surface area contributed by atoms with E-state index in [0.717, 1.165) is 19.3 Å². The molecule has 1 atom stereocenters. The van der Waals surface area contributed by atoms with Crippen LogP contribution >= 0.6 is 0 Å². The van der Waals surface area contributed by atoms with Gasteiger partial charge in [0.25, 0.3) is 11.5 Å². The standard InChI is InChI=1S/C21H20FN5O2/c22-15-6-4-13(5-7-15)17(26-21(29)18-12-23-8-9-24-18)10-16-11-19(28)27-20(25-16)14-2-1-3-14/h4-9,11-12,14,17H,1-3,10H2,(H,26,29)(H,25,27,28)/t17-/m0/s1. The molecule has 1 saturated carbocycles. The number of halogens is 1. The van der Waals surface area contributed by atoms with E-state index in [1.165, 1.54) is 36.8 Å². The second-order valence-electron chi connectivity index (χ2n) is 7.12. The Morgan fingerprint density at radius 1 is 1.24 bits per heavy atom. The second kappa shape index (κ2) is 8.30. The molecular formula is C21H20FN5O2. The van der Waals surface area contributed by atoms with Gasteiger partial charge in [-0.2, -0.15) is 0 Å². The van der Waals surface area contributed by atoms with Gasteiger partial charge in [0.1, 0.15) is 17.3 Å². The van der Waals surface area contributed by atoms with E-state index in [0.29, 0.717) is 23.5 Å². The Balaban J connectivity index is 1.62. The Hall–Kier alpha value is -3.42. The van der Waals surface area contributed by atoms with Gasteiger partial charge in [0.2, 0.25) is 0 Å². The first-order valence-electron chi connectivity index (χ1n) is 9.51. The molecule has 0 radical (unpaired) electrons. The molecule has 2 heterocycles. The highest BCUT2D eigenvalue weighted by Crippen LogP contribution is 2.34. The molecule has 8 heteroatoms. The summed E-state index contributed by atoms with van der Waals surface area (Å²) in [5.74, 6) is 0.198. The molecule has 4 rings (SSSR count). The molecule has 1 aliphatic carbocycles. The summed E-state index contributed by atoms with van der Waals surface area (Å²) in [6, 6.07) is 6.82. The molecule has 1 amide bonds. The van der Waals surface area contributed by atoms with Crippen LogP contribution in [0.4, 0.5) is 4.39 Å². The molecule has 0 aliphatic heterocycles. The van der Waals surface area contributed by atoms with E-state index in [9.17, 15) is 14.0 Å². The van der Waals surface area contributed by atoms with Crippen molar-refractivity contribution >= 4 is 5.91 Å². The predicted molar refractivity (Wildman–Crippen MR) is 104 cm³/mol. The van der Waals surface area contributed by atoms with E-state index in [4.69, 9.17) is 0 Å². The van der Waals surface area contributed by atoms with E-state index < -0.39 is 11.9 Å². The maximum absolute atomic E-state index is 13.4. The minimum absolute atomic E-state index is 0.175. The summed E-state index contributed by atoms with van der Waals surface area (Å²) >= 11 is 0. The van der Waals surface area contributed by atoms with Gasteiger partial charge < -0.3 is 10.3 Å². The van der Waals surface area contributed by atoms with E-state index in [1.54, 1.807) is 12.1 Å². The van der Waals surface area contributed by atoms with Crippen LogP contribution in [0.1, 0.15) is 58.8 Å². The van der Waals surface area contributed by atoms with Gasteiger partial charge in [0, 0.05) is 30.8 Å². The summed E-state index contributed by atoms with van der Waals surface area (Å²) in [5.41, 5.74) is 1.24. The summed E-state index contributed by atoms with van der Waals surface area (Å²) in [6.45, 7) is 0. The number of H-pyrrole nitrogens is 1. The Morgan fingerprint density at radius 3 is 2.69 bits per heavy atom. The normalized spacial score (nSPS) is 14.8. The third-order valence-electron chi connectivity index (χ3n) is 5.09. The van der Waals surface area contributed by atoms with Crippen molar-refractivity contribution in [2.45, 2.75) is 37.6 Å². The summed E-state index contributed by atoms with van der Waals surface area (Å²) in [5, 5.41) is 2.90. The molecule has 2 aromatic heterocycles. The van der Waals surface area contributed by atoms with Crippen LogP contribution in [0.15, 0.2) is 53.7 Å². The summed E-state index contributed by atoms with van der Waals surface area (Å²) < 4.78 is 13.4. The Bertz CT molecular complexity index is 1050. The van der Waals surface area contributed by atoms with Gasteiger partial charge in [-0.15, -0.1) is 0 Å². The molecular weight excluding hydrogens is 373 g/mol. The zero-order valence-electron chi connectivity index (χ0n) is 15.6. The van der Waals surface area contributed by atoms with Gasteiger partial charge in [-0.25, -0.2) is 14.4 Å². The first-order valence-corrected chi connectivity index (χ1v) is 9.51. The average molecular weight is 393 g/mol. The van der Waals surface area contributed by atoms with E-state index in [-0.39, 0.29) is 23.0 Å². The number of nitrogens with zero attached hydrogens (tertiary/aromatic N) is 3. The van der Waals surface area contributed by atoms with Crippen molar-refractivity contribution in [2.24, 2.45) is 0 Å². The SMILES string of the molecule is O=C(N[C@@H](Cc1cc(=O)[nH]c(C2CCC2)n1)c1ccc(F)cc1)c1cnccn1. The van der Waals surface area contributed by atoms with Gasteiger partial charge in [0.05, 0.1) is 17.9 Å². The van der Waals surface area contributed by atoms with Crippen molar-refractivity contribution in [1.29, 1.82) is 0 Å². The molecule has 1 aliphatic rings. The summed E-state index contributed by atoms with van der Waals surface area (Å²) in [6.07, 6.45) is 7.74. The molecule has 29 heavy (non-hydrogen) atoms. The Kier molecular flexibility index (Phi) is 5.41. The smallest absolute Gasteiger partial charge is 0.271 e. The lowest BCUT2D eigenvalue weighted by Gasteiger charge is -2.25. The third-order valence-corrected chi connectivity index (χ3v) is 5.09. The number of hydrogen-bond donors (Lipinski definition) is 2. The maximum atomic E-state index is 13.4. The third kappa shape index (κ3) is 4.53. The number of carbonyl (C=O) groups is 1. The van der Waals surface area contributed by atoms with Gasteiger partial charge in [-0.3, -0.25) is 14.6 Å². The zero-order valence-corrected chi connectivity index (χ0v) is 15.6. The molecule has 2 N–H and O–H groups in total. The number of aromatic amines is 1. The minimum atomic E-state index is -0.506. The number of aromatic nitrogens is 4. The Labute approximate surface area is 166 Å². The molecule has 7 nitrogen and oxygen atoms in total. The maximum Gasteiger partial charge on any atom is 0.271 e. The quantitative estimate of drug-likeness (QED) is 0.671. The van der Waals surface area contributed by atoms with Gasteiger partial charge in [0.15, 0.2) is 0 Å². The van der Waals surface area contributed by atoms with Gasteiger partial charge in [-0.1, -0.05) is 18.6 Å². The number of nitrogens with one attached hydrogen (secondary N) is 2. The van der Waals surface area contributed by atoms with Crippen molar-refractivity contribution in [3.8, 4) is 0 Å². The lowest BCUT2D eigenvalue weighted by molar-refractivity contribution is 0.0931. The van der Waals surface area contributed by atoms with Crippen molar-refractivity contribution < 1.29 is 9.18 Å². The Morgan fingerprint density at radius 2 is 2.03 bits per heavy atom. The van der Waals surface area contributed by atoms with E-state index >= 15 is 0 Å².